The standard InChI is InChI=1S/C14H27N3O3/c1-6-17(12(18)10(2)15)11-7-8-16(9-11)13(19)20-14(3,4)5/h10-11H,6-9,15H2,1-5H3/t10-,11?/m0/s1. The summed E-state index contributed by atoms with van der Waals surface area (Å²) in [6.07, 6.45) is 0.454. The third kappa shape index (κ3) is 4.37. The first kappa shape index (κ1) is 16.8. The first-order chi connectivity index (χ1) is 9.15. The SMILES string of the molecule is CCN(C(=O)[C@H](C)N)C1CCN(C(=O)OC(C)(C)C)C1. The normalized spacial score (nSPS) is 20.7. The molecular formula is C14H27N3O3. The van der Waals surface area contributed by atoms with Crippen molar-refractivity contribution in [3.05, 3.63) is 0 Å². The summed E-state index contributed by atoms with van der Waals surface area (Å²) in [5.41, 5.74) is 5.16. The second-order valence-corrected chi connectivity index (χ2v) is 6.28. The highest BCUT2D eigenvalue weighted by molar-refractivity contribution is 5.81. The van der Waals surface area contributed by atoms with Gasteiger partial charge in [0.1, 0.15) is 5.60 Å². The second-order valence-electron chi connectivity index (χ2n) is 6.28. The van der Waals surface area contributed by atoms with Crippen molar-refractivity contribution in [2.24, 2.45) is 5.73 Å². The van der Waals surface area contributed by atoms with E-state index in [4.69, 9.17) is 10.5 Å². The molecule has 116 valence electrons. The van der Waals surface area contributed by atoms with Gasteiger partial charge in [-0.2, -0.15) is 0 Å². The summed E-state index contributed by atoms with van der Waals surface area (Å²) < 4.78 is 5.35. The predicted octanol–water partition coefficient (Wildman–Crippen LogP) is 1.19. The summed E-state index contributed by atoms with van der Waals surface area (Å²) in [6.45, 7) is 10.9. The molecule has 2 atom stereocenters. The monoisotopic (exact) mass is 285 g/mol. The van der Waals surface area contributed by atoms with E-state index in [0.29, 0.717) is 19.6 Å². The van der Waals surface area contributed by atoms with Crippen LogP contribution in [0.4, 0.5) is 4.79 Å². The van der Waals surface area contributed by atoms with Gasteiger partial charge in [0.15, 0.2) is 0 Å². The van der Waals surface area contributed by atoms with E-state index in [9.17, 15) is 9.59 Å². The average molecular weight is 285 g/mol. The summed E-state index contributed by atoms with van der Waals surface area (Å²) in [7, 11) is 0. The molecule has 0 aromatic heterocycles. The van der Waals surface area contributed by atoms with Gasteiger partial charge in [0.05, 0.1) is 12.1 Å². The maximum absolute atomic E-state index is 12.0. The van der Waals surface area contributed by atoms with E-state index in [0.717, 1.165) is 6.42 Å². The fourth-order valence-corrected chi connectivity index (χ4v) is 2.34. The highest BCUT2D eigenvalue weighted by Gasteiger charge is 2.34. The van der Waals surface area contributed by atoms with Gasteiger partial charge in [0.2, 0.25) is 5.91 Å². The van der Waals surface area contributed by atoms with Crippen molar-refractivity contribution < 1.29 is 14.3 Å². The zero-order chi connectivity index (χ0) is 15.5. The summed E-state index contributed by atoms with van der Waals surface area (Å²) >= 11 is 0. The van der Waals surface area contributed by atoms with Gasteiger partial charge < -0.3 is 20.3 Å². The summed E-state index contributed by atoms with van der Waals surface area (Å²) in [5.74, 6) is -0.0662. The number of ether oxygens (including phenoxy) is 1. The van der Waals surface area contributed by atoms with Crippen molar-refractivity contribution in [2.75, 3.05) is 19.6 Å². The van der Waals surface area contributed by atoms with Gasteiger partial charge in [0.25, 0.3) is 0 Å². The number of nitrogens with zero attached hydrogens (tertiary/aromatic N) is 2. The van der Waals surface area contributed by atoms with Crippen LogP contribution in [-0.4, -0.2) is 59.1 Å². The zero-order valence-corrected chi connectivity index (χ0v) is 13.2. The van der Waals surface area contributed by atoms with Crippen LogP contribution in [0.2, 0.25) is 0 Å². The predicted molar refractivity (Wildman–Crippen MR) is 77.2 cm³/mol. The Balaban J connectivity index is 2.62. The zero-order valence-electron chi connectivity index (χ0n) is 13.2. The van der Waals surface area contributed by atoms with Gasteiger partial charge in [-0.1, -0.05) is 0 Å². The van der Waals surface area contributed by atoms with E-state index in [2.05, 4.69) is 0 Å². The molecule has 1 aliphatic rings. The molecule has 0 aromatic carbocycles. The Hall–Kier alpha value is -1.30. The van der Waals surface area contributed by atoms with Gasteiger partial charge in [-0.15, -0.1) is 0 Å². The molecule has 0 aliphatic carbocycles. The number of likely N-dealkylation sites (tertiary alicyclic amines) is 1. The number of hydrogen-bond donors (Lipinski definition) is 1. The van der Waals surface area contributed by atoms with E-state index >= 15 is 0 Å². The van der Waals surface area contributed by atoms with Crippen molar-refractivity contribution in [1.82, 2.24) is 9.80 Å². The van der Waals surface area contributed by atoms with E-state index in [1.165, 1.54) is 0 Å². The van der Waals surface area contributed by atoms with Crippen LogP contribution in [0.15, 0.2) is 0 Å². The molecule has 1 saturated heterocycles. The lowest BCUT2D eigenvalue weighted by atomic mass is 10.2. The van der Waals surface area contributed by atoms with Crippen molar-refractivity contribution in [3.8, 4) is 0 Å². The highest BCUT2D eigenvalue weighted by Crippen LogP contribution is 2.19. The van der Waals surface area contributed by atoms with Gasteiger partial charge >= 0.3 is 6.09 Å². The number of nitrogens with two attached hydrogens (primary N) is 1. The largest absolute Gasteiger partial charge is 0.444 e. The van der Waals surface area contributed by atoms with Crippen LogP contribution < -0.4 is 5.73 Å². The molecular weight excluding hydrogens is 258 g/mol. The fraction of sp³-hybridized carbons (Fsp3) is 0.857. The highest BCUT2D eigenvalue weighted by atomic mass is 16.6. The third-order valence-electron chi connectivity index (χ3n) is 3.27. The number of likely N-dealkylation sites (N-methyl/N-ethyl adjacent to an activating group) is 1. The lowest BCUT2D eigenvalue weighted by Crippen LogP contribution is -2.48. The van der Waals surface area contributed by atoms with Crippen molar-refractivity contribution in [1.29, 1.82) is 0 Å². The molecule has 0 saturated carbocycles. The quantitative estimate of drug-likeness (QED) is 0.845. The maximum atomic E-state index is 12.0. The molecule has 1 unspecified atom stereocenters. The molecule has 0 radical (unpaired) electrons. The van der Waals surface area contributed by atoms with Gasteiger partial charge in [-0.25, -0.2) is 4.79 Å². The summed E-state index contributed by atoms with van der Waals surface area (Å²) in [4.78, 5) is 27.4. The molecule has 20 heavy (non-hydrogen) atoms. The molecule has 1 aliphatic heterocycles. The van der Waals surface area contributed by atoms with E-state index in [1.807, 2.05) is 27.7 Å². The van der Waals surface area contributed by atoms with Crippen LogP contribution >= 0.6 is 0 Å². The Morgan fingerprint density at radius 3 is 2.50 bits per heavy atom. The molecule has 1 fully saturated rings. The Labute approximate surface area is 121 Å². The van der Waals surface area contributed by atoms with Crippen LogP contribution in [-0.2, 0) is 9.53 Å². The molecule has 0 bridgehead atoms. The van der Waals surface area contributed by atoms with Gasteiger partial charge in [-0.3, -0.25) is 4.79 Å². The lowest BCUT2D eigenvalue weighted by molar-refractivity contribution is -0.134. The van der Waals surface area contributed by atoms with E-state index in [1.54, 1.807) is 16.7 Å². The van der Waals surface area contributed by atoms with Crippen LogP contribution in [0.25, 0.3) is 0 Å². The van der Waals surface area contributed by atoms with Crippen LogP contribution in [0.1, 0.15) is 41.0 Å². The molecule has 0 aromatic rings. The van der Waals surface area contributed by atoms with Crippen LogP contribution in [0.5, 0.6) is 0 Å². The smallest absolute Gasteiger partial charge is 0.410 e. The number of rotatable bonds is 3. The number of carbonyl (C=O) groups excluding carboxylic acids is 2. The Morgan fingerprint density at radius 2 is 2.05 bits per heavy atom. The second kappa shape index (κ2) is 6.43. The first-order valence-electron chi connectivity index (χ1n) is 7.19. The molecule has 0 spiro atoms. The fourth-order valence-electron chi connectivity index (χ4n) is 2.34. The van der Waals surface area contributed by atoms with E-state index in [-0.39, 0.29) is 18.0 Å². The Morgan fingerprint density at radius 1 is 1.45 bits per heavy atom. The number of hydrogen-bond acceptors (Lipinski definition) is 4. The molecule has 1 rings (SSSR count). The molecule has 1 heterocycles. The van der Waals surface area contributed by atoms with Crippen molar-refractivity contribution >= 4 is 12.0 Å². The lowest BCUT2D eigenvalue weighted by Gasteiger charge is -2.29. The minimum Gasteiger partial charge on any atom is -0.444 e. The average Bonchev–Trinajstić information content (AvgIpc) is 2.77. The minimum absolute atomic E-state index is 0.0334. The van der Waals surface area contributed by atoms with Gasteiger partial charge in [-0.05, 0) is 41.0 Å². The summed E-state index contributed by atoms with van der Waals surface area (Å²) in [5, 5.41) is 0. The van der Waals surface area contributed by atoms with E-state index < -0.39 is 11.6 Å². The maximum Gasteiger partial charge on any atom is 0.410 e. The number of amides is 2. The molecule has 2 N–H and O–H groups in total. The van der Waals surface area contributed by atoms with Crippen LogP contribution in [0, 0.1) is 0 Å². The molecule has 6 nitrogen and oxygen atoms in total. The minimum atomic E-state index is -0.509. The number of carbonyl (C=O) groups is 2. The first-order valence-corrected chi connectivity index (χ1v) is 7.19. The Kier molecular flexibility index (Phi) is 5.39. The topological polar surface area (TPSA) is 75.9 Å². The third-order valence-corrected chi connectivity index (χ3v) is 3.27. The van der Waals surface area contributed by atoms with Crippen molar-refractivity contribution in [3.63, 3.8) is 0 Å². The summed E-state index contributed by atoms with van der Waals surface area (Å²) in [6, 6.07) is -0.475. The molecule has 6 heteroatoms. The van der Waals surface area contributed by atoms with Gasteiger partial charge in [0, 0.05) is 19.6 Å². The van der Waals surface area contributed by atoms with Crippen molar-refractivity contribution in [2.45, 2.75) is 58.7 Å². The van der Waals surface area contributed by atoms with Crippen LogP contribution in [0.3, 0.4) is 0 Å². The molecule has 2 amide bonds. The Bertz CT molecular complexity index is 363.